The molecule has 0 radical (unpaired) electrons. The van der Waals surface area contributed by atoms with Gasteiger partial charge in [0.15, 0.2) is 22.6 Å². The maximum Gasteiger partial charge on any atom is 0.434 e. The second-order valence-electron chi connectivity index (χ2n) is 7.21. The highest BCUT2D eigenvalue weighted by Gasteiger charge is 2.41. The third-order valence-corrected chi connectivity index (χ3v) is 5.61. The van der Waals surface area contributed by atoms with Crippen LogP contribution in [0.1, 0.15) is 27.2 Å². The van der Waals surface area contributed by atoms with E-state index in [9.17, 15) is 22.2 Å². The fraction of sp³-hybridized carbons (Fsp3) is 0.150. The van der Waals surface area contributed by atoms with Crippen LogP contribution in [-0.4, -0.2) is 44.4 Å². The number of hydrogen-bond donors (Lipinski definition) is 2. The van der Waals surface area contributed by atoms with E-state index in [1.807, 2.05) is 0 Å². The zero-order chi connectivity index (χ0) is 25.3. The van der Waals surface area contributed by atoms with Gasteiger partial charge in [0.1, 0.15) is 0 Å². The minimum absolute atomic E-state index is 0.0503. The largest absolute Gasteiger partial charge is 0.434 e. The van der Waals surface area contributed by atoms with Gasteiger partial charge in [-0.1, -0.05) is 23.7 Å². The molecule has 15 heteroatoms. The Hall–Kier alpha value is -3.62. The molecule has 1 amide bonds. The molecule has 2 N–H and O–H groups in total. The van der Waals surface area contributed by atoms with Gasteiger partial charge >= 0.3 is 6.18 Å². The van der Waals surface area contributed by atoms with Crippen molar-refractivity contribution in [3.63, 3.8) is 0 Å². The van der Waals surface area contributed by atoms with Crippen molar-refractivity contribution < 1.29 is 26.7 Å². The van der Waals surface area contributed by atoms with Crippen molar-refractivity contribution in [2.24, 2.45) is 0 Å². The minimum Gasteiger partial charge on any atom is -0.320 e. The van der Waals surface area contributed by atoms with E-state index in [0.717, 1.165) is 11.0 Å². The Labute approximate surface area is 203 Å². The van der Waals surface area contributed by atoms with Gasteiger partial charge in [-0.15, -0.1) is 4.80 Å². The van der Waals surface area contributed by atoms with Crippen LogP contribution in [0.25, 0.3) is 11.5 Å². The Kier molecular flexibility index (Phi) is 6.69. The smallest absolute Gasteiger partial charge is 0.320 e. The Morgan fingerprint density at radius 1 is 1.17 bits per heavy atom. The standard InChI is InChI=1S/C20H15ClF3N7O3S/c1-11-6-12(10-35(33)34)2-3-16(11)30-17(20(22,23)24)14(9-28-30)19(32)29-13-7-15(21)18(25-8-13)31-26-4-5-27-31/h2-9H,10H2,1H3,(H,29,32)(H,33,34). The van der Waals surface area contributed by atoms with Gasteiger partial charge in [-0.3, -0.25) is 4.79 Å². The number of aryl methyl sites for hydroxylation is 1. The Bertz CT molecular complexity index is 1420. The molecule has 182 valence electrons. The van der Waals surface area contributed by atoms with Gasteiger partial charge in [0.25, 0.3) is 5.91 Å². The molecule has 1 unspecified atom stereocenters. The highest BCUT2D eigenvalue weighted by molar-refractivity contribution is 7.78. The summed E-state index contributed by atoms with van der Waals surface area (Å²) in [6.45, 7) is 1.53. The van der Waals surface area contributed by atoms with Gasteiger partial charge in [0.05, 0.1) is 52.5 Å². The summed E-state index contributed by atoms with van der Waals surface area (Å²) in [5.41, 5.74) is -1.06. The summed E-state index contributed by atoms with van der Waals surface area (Å²) in [6.07, 6.45) is -0.0918. The third kappa shape index (κ3) is 5.23. The first kappa shape index (κ1) is 24.5. The molecule has 0 aliphatic rings. The monoisotopic (exact) mass is 525 g/mol. The van der Waals surface area contributed by atoms with Gasteiger partial charge in [-0.25, -0.2) is 13.9 Å². The summed E-state index contributed by atoms with van der Waals surface area (Å²) in [5, 5.41) is 14.0. The fourth-order valence-electron chi connectivity index (χ4n) is 3.33. The number of pyridine rings is 1. The van der Waals surface area contributed by atoms with E-state index in [2.05, 4.69) is 25.6 Å². The van der Waals surface area contributed by atoms with Gasteiger partial charge in [-0.2, -0.15) is 28.5 Å². The lowest BCUT2D eigenvalue weighted by atomic mass is 10.1. The number of alkyl halides is 3. The number of amides is 1. The van der Waals surface area contributed by atoms with Crippen LogP contribution >= 0.6 is 11.6 Å². The molecule has 1 atom stereocenters. The molecular weight excluding hydrogens is 511 g/mol. The van der Waals surface area contributed by atoms with Crippen molar-refractivity contribution in [2.45, 2.75) is 18.9 Å². The molecule has 0 saturated carbocycles. The number of halogens is 4. The van der Waals surface area contributed by atoms with Crippen molar-refractivity contribution in [1.29, 1.82) is 0 Å². The van der Waals surface area contributed by atoms with Crippen LogP contribution < -0.4 is 5.32 Å². The van der Waals surface area contributed by atoms with Gasteiger partial charge in [0.2, 0.25) is 0 Å². The molecule has 0 aliphatic heterocycles. The zero-order valence-electron chi connectivity index (χ0n) is 17.7. The molecule has 1 aromatic carbocycles. The quantitative estimate of drug-likeness (QED) is 0.366. The number of carbonyl (C=O) groups excluding carboxylic acids is 1. The SMILES string of the molecule is Cc1cc(CS(=O)O)ccc1-n1ncc(C(=O)Nc2cnc(-n3nccn3)c(Cl)c2)c1C(F)(F)F. The zero-order valence-corrected chi connectivity index (χ0v) is 19.3. The molecule has 0 saturated heterocycles. The lowest BCUT2D eigenvalue weighted by Crippen LogP contribution is -2.21. The molecule has 4 rings (SSSR count). The van der Waals surface area contributed by atoms with Crippen molar-refractivity contribution in [1.82, 2.24) is 29.8 Å². The highest BCUT2D eigenvalue weighted by atomic mass is 35.5. The topological polar surface area (TPSA) is 128 Å². The van der Waals surface area contributed by atoms with Crippen LogP contribution in [-0.2, 0) is 23.0 Å². The first-order valence-electron chi connectivity index (χ1n) is 9.70. The van der Waals surface area contributed by atoms with E-state index in [4.69, 9.17) is 16.2 Å². The lowest BCUT2D eigenvalue weighted by Gasteiger charge is -2.15. The van der Waals surface area contributed by atoms with Gasteiger partial charge < -0.3 is 9.87 Å². The first-order valence-corrected chi connectivity index (χ1v) is 11.4. The van der Waals surface area contributed by atoms with Crippen LogP contribution in [0.4, 0.5) is 18.9 Å². The Balaban J connectivity index is 1.67. The summed E-state index contributed by atoms with van der Waals surface area (Å²) in [7, 11) is 0. The molecule has 35 heavy (non-hydrogen) atoms. The second-order valence-corrected chi connectivity index (χ2v) is 8.54. The average Bonchev–Trinajstić information content (AvgIpc) is 3.43. The normalized spacial score (nSPS) is 12.5. The second kappa shape index (κ2) is 9.56. The molecule has 10 nitrogen and oxygen atoms in total. The predicted molar refractivity (Wildman–Crippen MR) is 120 cm³/mol. The number of nitrogens with zero attached hydrogens (tertiary/aromatic N) is 6. The number of benzene rings is 1. The fourth-order valence-corrected chi connectivity index (χ4v) is 4.03. The van der Waals surface area contributed by atoms with Crippen LogP contribution in [0.3, 0.4) is 0 Å². The molecule has 0 aliphatic carbocycles. The minimum atomic E-state index is -4.92. The van der Waals surface area contributed by atoms with E-state index in [1.165, 1.54) is 49.8 Å². The molecule has 4 aromatic rings. The van der Waals surface area contributed by atoms with Crippen molar-refractivity contribution >= 4 is 34.3 Å². The van der Waals surface area contributed by atoms with E-state index in [-0.39, 0.29) is 28.0 Å². The van der Waals surface area contributed by atoms with Gasteiger partial charge in [-0.05, 0) is 30.2 Å². The maximum absolute atomic E-state index is 14.0. The number of hydrogen-bond acceptors (Lipinski definition) is 6. The summed E-state index contributed by atoms with van der Waals surface area (Å²) in [6, 6.07) is 5.54. The number of rotatable bonds is 6. The first-order chi connectivity index (χ1) is 16.5. The van der Waals surface area contributed by atoms with E-state index >= 15 is 0 Å². The average molecular weight is 526 g/mol. The molecule has 0 spiro atoms. The van der Waals surface area contributed by atoms with Crippen molar-refractivity contribution in [3.8, 4) is 11.5 Å². The Morgan fingerprint density at radius 2 is 1.89 bits per heavy atom. The number of anilines is 1. The molecule has 0 bridgehead atoms. The number of nitrogens with one attached hydrogen (secondary N) is 1. The summed E-state index contributed by atoms with van der Waals surface area (Å²) < 4.78 is 62.7. The van der Waals surface area contributed by atoms with Crippen LogP contribution in [0.2, 0.25) is 5.02 Å². The summed E-state index contributed by atoms with van der Waals surface area (Å²) in [5.74, 6) is -1.08. The molecule has 0 fully saturated rings. The maximum atomic E-state index is 14.0. The van der Waals surface area contributed by atoms with E-state index < -0.39 is 34.4 Å². The van der Waals surface area contributed by atoms with E-state index in [0.29, 0.717) is 15.8 Å². The number of carbonyl (C=O) groups is 1. The third-order valence-electron chi connectivity index (χ3n) is 4.75. The molecule has 3 aromatic heterocycles. The van der Waals surface area contributed by atoms with Crippen molar-refractivity contribution in [2.75, 3.05) is 5.32 Å². The van der Waals surface area contributed by atoms with Crippen LogP contribution in [0.15, 0.2) is 49.1 Å². The number of aromatic nitrogens is 6. The Morgan fingerprint density at radius 3 is 2.49 bits per heavy atom. The van der Waals surface area contributed by atoms with Crippen molar-refractivity contribution in [3.05, 3.63) is 76.5 Å². The van der Waals surface area contributed by atoms with Gasteiger partial charge in [0, 0.05) is 0 Å². The summed E-state index contributed by atoms with van der Waals surface area (Å²) >= 11 is 4.05. The van der Waals surface area contributed by atoms with E-state index in [1.54, 1.807) is 0 Å². The molecular formula is C20H15ClF3N7O3S. The highest BCUT2D eigenvalue weighted by Crippen LogP contribution is 2.35. The van der Waals surface area contributed by atoms with Crippen LogP contribution in [0, 0.1) is 6.92 Å². The molecule has 3 heterocycles. The predicted octanol–water partition coefficient (Wildman–Crippen LogP) is 3.80. The summed E-state index contributed by atoms with van der Waals surface area (Å²) in [4.78, 5) is 18.0. The lowest BCUT2D eigenvalue weighted by molar-refractivity contribution is -0.143. The van der Waals surface area contributed by atoms with Crippen LogP contribution in [0.5, 0.6) is 0 Å².